The van der Waals surface area contributed by atoms with E-state index in [0.717, 1.165) is 58.5 Å². The van der Waals surface area contributed by atoms with Gasteiger partial charge in [-0.2, -0.15) is 0 Å². The predicted molar refractivity (Wildman–Crippen MR) is 139 cm³/mol. The number of aromatic nitrogens is 2. The van der Waals surface area contributed by atoms with E-state index in [2.05, 4.69) is 99.7 Å². The van der Waals surface area contributed by atoms with Crippen LogP contribution in [0.5, 0.6) is 0 Å². The smallest absolute Gasteiger partial charge is 0.255 e. The fourth-order valence-corrected chi connectivity index (χ4v) is 5.42. The number of rotatable bonds is 3. The molecule has 1 atom stereocenters. The van der Waals surface area contributed by atoms with E-state index in [1.54, 1.807) is 0 Å². The molecule has 1 fully saturated rings. The number of benzene rings is 3. The van der Waals surface area contributed by atoms with Gasteiger partial charge < -0.3 is 9.47 Å². The molecular formula is C30H33N3O. The number of carbonyl (C=O) groups is 1. The number of hydrogen-bond acceptors (Lipinski definition) is 2. The number of nitrogens with zero attached hydrogens (tertiary/aromatic N) is 3. The SMILES string of the molecule is Cc1ccc(-c2ccc(C)cc2C(=O)N2CCCC2(C)c2nc3cc(C)c(C)cc3n2C)cc1. The molecule has 0 spiro atoms. The van der Waals surface area contributed by atoms with Gasteiger partial charge in [-0.05, 0) is 87.9 Å². The molecule has 1 unspecified atom stereocenters. The Balaban J connectivity index is 1.61. The van der Waals surface area contributed by atoms with E-state index in [1.165, 1.54) is 16.7 Å². The van der Waals surface area contributed by atoms with Crippen LogP contribution in [0.1, 0.15) is 58.2 Å². The highest BCUT2D eigenvalue weighted by molar-refractivity contribution is 6.01. The molecule has 0 radical (unpaired) electrons. The van der Waals surface area contributed by atoms with Gasteiger partial charge in [0.1, 0.15) is 5.82 Å². The van der Waals surface area contributed by atoms with Crippen LogP contribution in [0.25, 0.3) is 22.2 Å². The van der Waals surface area contributed by atoms with Crippen molar-refractivity contribution < 1.29 is 4.79 Å². The Labute approximate surface area is 202 Å². The molecule has 1 amide bonds. The van der Waals surface area contributed by atoms with E-state index in [-0.39, 0.29) is 5.91 Å². The summed E-state index contributed by atoms with van der Waals surface area (Å²) in [6.07, 6.45) is 1.87. The highest BCUT2D eigenvalue weighted by Crippen LogP contribution is 2.41. The van der Waals surface area contributed by atoms with Gasteiger partial charge in [-0.25, -0.2) is 4.98 Å². The average molecular weight is 452 g/mol. The summed E-state index contributed by atoms with van der Waals surface area (Å²) >= 11 is 0. The van der Waals surface area contributed by atoms with Crippen molar-refractivity contribution in [1.29, 1.82) is 0 Å². The summed E-state index contributed by atoms with van der Waals surface area (Å²) in [4.78, 5) is 21.3. The van der Waals surface area contributed by atoms with Crippen LogP contribution in [-0.2, 0) is 12.6 Å². The third-order valence-corrected chi connectivity index (χ3v) is 7.63. The maximum absolute atomic E-state index is 14.2. The maximum atomic E-state index is 14.2. The maximum Gasteiger partial charge on any atom is 0.255 e. The van der Waals surface area contributed by atoms with E-state index >= 15 is 0 Å². The van der Waals surface area contributed by atoms with Gasteiger partial charge in [0.05, 0.1) is 16.6 Å². The Morgan fingerprint density at radius 2 is 1.59 bits per heavy atom. The van der Waals surface area contributed by atoms with Gasteiger partial charge in [0.15, 0.2) is 0 Å². The van der Waals surface area contributed by atoms with E-state index in [0.29, 0.717) is 0 Å². The Morgan fingerprint density at radius 1 is 0.912 bits per heavy atom. The molecule has 1 aliphatic rings. The van der Waals surface area contributed by atoms with Crippen molar-refractivity contribution in [3.8, 4) is 11.1 Å². The van der Waals surface area contributed by atoms with Crippen molar-refractivity contribution in [3.63, 3.8) is 0 Å². The lowest BCUT2D eigenvalue weighted by molar-refractivity contribution is 0.0601. The van der Waals surface area contributed by atoms with E-state index in [4.69, 9.17) is 4.98 Å². The van der Waals surface area contributed by atoms with Gasteiger partial charge in [0, 0.05) is 19.2 Å². The number of amides is 1. The van der Waals surface area contributed by atoms with Gasteiger partial charge in [-0.3, -0.25) is 4.79 Å². The minimum atomic E-state index is -0.457. The normalized spacial score (nSPS) is 18.1. The van der Waals surface area contributed by atoms with Crippen molar-refractivity contribution >= 4 is 16.9 Å². The van der Waals surface area contributed by atoms with Gasteiger partial charge in [0.25, 0.3) is 5.91 Å². The van der Waals surface area contributed by atoms with Gasteiger partial charge in [-0.15, -0.1) is 0 Å². The van der Waals surface area contributed by atoms with Crippen molar-refractivity contribution in [2.45, 2.75) is 53.0 Å². The van der Waals surface area contributed by atoms with Crippen LogP contribution in [0.15, 0.2) is 54.6 Å². The van der Waals surface area contributed by atoms with Crippen LogP contribution in [0.4, 0.5) is 0 Å². The number of hydrogen-bond donors (Lipinski definition) is 0. The lowest BCUT2D eigenvalue weighted by Crippen LogP contribution is -2.44. The lowest BCUT2D eigenvalue weighted by atomic mass is 9.93. The standard InChI is InChI=1S/C30H33N3O/c1-19-8-11-23(12-9-19)24-13-10-20(2)16-25(24)28(34)33-15-7-14-30(33,5)29-31-26-17-21(3)22(4)18-27(26)32(29)6/h8-13,16-18H,7,14-15H2,1-6H3. The van der Waals surface area contributed by atoms with Crippen LogP contribution >= 0.6 is 0 Å². The van der Waals surface area contributed by atoms with Crippen molar-refractivity contribution in [3.05, 3.63) is 88.2 Å². The van der Waals surface area contributed by atoms with Crippen LogP contribution in [0, 0.1) is 27.7 Å². The average Bonchev–Trinajstić information content (AvgIpc) is 3.35. The van der Waals surface area contributed by atoms with E-state index < -0.39 is 5.54 Å². The number of aryl methyl sites for hydroxylation is 5. The first-order valence-electron chi connectivity index (χ1n) is 12.1. The van der Waals surface area contributed by atoms with E-state index in [1.807, 2.05) is 6.07 Å². The molecule has 2 heterocycles. The third kappa shape index (κ3) is 3.53. The fourth-order valence-electron chi connectivity index (χ4n) is 5.42. The topological polar surface area (TPSA) is 38.1 Å². The Hall–Kier alpha value is -3.40. The summed E-state index contributed by atoms with van der Waals surface area (Å²) in [6, 6.07) is 19.0. The molecule has 0 aliphatic carbocycles. The summed E-state index contributed by atoms with van der Waals surface area (Å²) in [5.41, 5.74) is 9.29. The molecular weight excluding hydrogens is 418 g/mol. The number of likely N-dealkylation sites (tertiary alicyclic amines) is 1. The zero-order valence-electron chi connectivity index (χ0n) is 21.1. The summed E-state index contributed by atoms with van der Waals surface area (Å²) in [6.45, 7) is 11.3. The summed E-state index contributed by atoms with van der Waals surface area (Å²) in [5.74, 6) is 1.04. The first kappa shape index (κ1) is 22.4. The number of fused-ring (bicyclic) bond motifs is 1. The first-order valence-corrected chi connectivity index (χ1v) is 12.1. The van der Waals surface area contributed by atoms with Gasteiger partial charge in [0.2, 0.25) is 0 Å². The number of imidazole rings is 1. The fraction of sp³-hybridized carbons (Fsp3) is 0.333. The Morgan fingerprint density at radius 3 is 2.32 bits per heavy atom. The molecule has 5 rings (SSSR count). The molecule has 1 aromatic heterocycles. The van der Waals surface area contributed by atoms with Crippen molar-refractivity contribution in [2.24, 2.45) is 7.05 Å². The molecule has 0 bridgehead atoms. The molecule has 34 heavy (non-hydrogen) atoms. The highest BCUT2D eigenvalue weighted by Gasteiger charge is 2.45. The molecule has 4 aromatic rings. The Kier molecular flexibility index (Phi) is 5.35. The zero-order chi connectivity index (χ0) is 24.2. The first-order chi connectivity index (χ1) is 16.2. The van der Waals surface area contributed by atoms with Crippen molar-refractivity contribution in [1.82, 2.24) is 14.5 Å². The molecule has 4 heteroatoms. The summed E-state index contributed by atoms with van der Waals surface area (Å²) in [7, 11) is 2.08. The van der Waals surface area contributed by atoms with Crippen LogP contribution in [0.2, 0.25) is 0 Å². The monoisotopic (exact) mass is 451 g/mol. The zero-order valence-corrected chi connectivity index (χ0v) is 21.1. The van der Waals surface area contributed by atoms with E-state index in [9.17, 15) is 4.79 Å². The lowest BCUT2D eigenvalue weighted by Gasteiger charge is -2.35. The molecule has 1 saturated heterocycles. The molecule has 0 N–H and O–H groups in total. The summed E-state index contributed by atoms with van der Waals surface area (Å²) < 4.78 is 2.19. The second kappa shape index (κ2) is 8.12. The molecule has 0 saturated carbocycles. The van der Waals surface area contributed by atoms with Crippen LogP contribution in [0.3, 0.4) is 0 Å². The van der Waals surface area contributed by atoms with Crippen molar-refractivity contribution in [2.75, 3.05) is 6.54 Å². The van der Waals surface area contributed by atoms with Crippen LogP contribution in [-0.4, -0.2) is 26.9 Å². The molecule has 174 valence electrons. The predicted octanol–water partition coefficient (Wildman–Crippen LogP) is 6.63. The number of carbonyl (C=O) groups excluding carboxylic acids is 1. The quantitative estimate of drug-likeness (QED) is 0.351. The molecule has 4 nitrogen and oxygen atoms in total. The molecule has 1 aliphatic heterocycles. The van der Waals surface area contributed by atoms with Gasteiger partial charge in [-0.1, -0.05) is 47.5 Å². The molecule has 3 aromatic carbocycles. The largest absolute Gasteiger partial charge is 0.329 e. The second-order valence-electron chi connectivity index (χ2n) is 10.2. The highest BCUT2D eigenvalue weighted by atomic mass is 16.2. The Bertz CT molecular complexity index is 1410. The van der Waals surface area contributed by atoms with Crippen LogP contribution < -0.4 is 0 Å². The van der Waals surface area contributed by atoms with Gasteiger partial charge >= 0.3 is 0 Å². The summed E-state index contributed by atoms with van der Waals surface area (Å²) in [5, 5.41) is 0. The minimum Gasteiger partial charge on any atom is -0.329 e. The second-order valence-corrected chi connectivity index (χ2v) is 10.2. The minimum absolute atomic E-state index is 0.0821. The third-order valence-electron chi connectivity index (χ3n) is 7.63.